The van der Waals surface area contributed by atoms with E-state index in [0.29, 0.717) is 22.2 Å². The van der Waals surface area contributed by atoms with Crippen LogP contribution in [-0.2, 0) is 6.18 Å². The van der Waals surface area contributed by atoms with Crippen molar-refractivity contribution >= 4 is 11.1 Å². The molecule has 0 amide bonds. The number of rotatable bonds is 2. The number of aromatic nitrogens is 1. The van der Waals surface area contributed by atoms with Gasteiger partial charge in [0.05, 0.1) is 5.56 Å². The molecule has 0 N–H and O–H groups in total. The smallest absolute Gasteiger partial charge is 0.416 e. The van der Waals surface area contributed by atoms with Crippen molar-refractivity contribution in [1.29, 1.82) is 0 Å². The second kappa shape index (κ2) is 6.19. The van der Waals surface area contributed by atoms with Crippen LogP contribution >= 0.6 is 0 Å². The lowest BCUT2D eigenvalue weighted by Gasteiger charge is -2.07. The predicted octanol–water partition coefficient (Wildman–Crippen LogP) is 6.46. The van der Waals surface area contributed by atoms with E-state index in [1.807, 2.05) is 0 Å². The van der Waals surface area contributed by atoms with Crippen LogP contribution in [0.1, 0.15) is 5.56 Å². The quantitative estimate of drug-likeness (QED) is 0.376. The van der Waals surface area contributed by atoms with Crippen molar-refractivity contribution in [1.82, 2.24) is 4.98 Å². The number of fused-ring (bicyclic) bond motifs is 1. The summed E-state index contributed by atoms with van der Waals surface area (Å²) < 4.78 is 70.1. The Kier molecular flexibility index (Phi) is 3.95. The maximum Gasteiger partial charge on any atom is 0.416 e. The summed E-state index contributed by atoms with van der Waals surface area (Å²) in [5.41, 5.74) is 1.64. The minimum Gasteiger partial charge on any atom is -0.436 e. The zero-order valence-corrected chi connectivity index (χ0v) is 13.5. The van der Waals surface area contributed by atoms with Crippen molar-refractivity contribution in [3.63, 3.8) is 0 Å². The number of hydrogen-bond donors (Lipinski definition) is 0. The van der Waals surface area contributed by atoms with E-state index >= 15 is 0 Å². The first-order chi connectivity index (χ1) is 12.8. The number of alkyl halides is 3. The first kappa shape index (κ1) is 17.2. The molecule has 1 aromatic heterocycles. The van der Waals surface area contributed by atoms with Crippen molar-refractivity contribution in [3.05, 3.63) is 77.9 Å². The molecule has 4 rings (SSSR count). The van der Waals surface area contributed by atoms with Gasteiger partial charge in [-0.3, -0.25) is 0 Å². The lowest BCUT2D eigenvalue weighted by atomic mass is 10.0. The van der Waals surface area contributed by atoms with Gasteiger partial charge in [0.25, 0.3) is 0 Å². The largest absolute Gasteiger partial charge is 0.436 e. The molecular weight excluding hydrogens is 365 g/mol. The molecule has 4 aromatic rings. The normalized spacial score (nSPS) is 11.9. The molecule has 2 nitrogen and oxygen atoms in total. The number of hydrogen-bond acceptors (Lipinski definition) is 2. The molecule has 7 heteroatoms. The summed E-state index contributed by atoms with van der Waals surface area (Å²) in [5, 5.41) is 0. The van der Waals surface area contributed by atoms with Crippen LogP contribution in [0.15, 0.2) is 65.1 Å². The summed E-state index contributed by atoms with van der Waals surface area (Å²) in [6, 6.07) is 13.0. The number of nitrogens with zero attached hydrogens (tertiary/aromatic N) is 1. The summed E-state index contributed by atoms with van der Waals surface area (Å²) in [5.74, 6) is -1.87. The van der Waals surface area contributed by atoms with Crippen LogP contribution in [0.3, 0.4) is 0 Å². The molecule has 0 saturated carbocycles. The van der Waals surface area contributed by atoms with Crippen molar-refractivity contribution in [2.75, 3.05) is 0 Å². The molecule has 1 heterocycles. The van der Waals surface area contributed by atoms with E-state index < -0.39 is 23.4 Å². The van der Waals surface area contributed by atoms with Gasteiger partial charge in [-0.1, -0.05) is 18.2 Å². The van der Waals surface area contributed by atoms with Crippen molar-refractivity contribution < 1.29 is 26.4 Å². The summed E-state index contributed by atoms with van der Waals surface area (Å²) in [6.07, 6.45) is -4.40. The first-order valence-corrected chi connectivity index (χ1v) is 7.85. The van der Waals surface area contributed by atoms with E-state index in [9.17, 15) is 22.0 Å². The van der Waals surface area contributed by atoms with Gasteiger partial charge in [-0.15, -0.1) is 0 Å². The third-order valence-corrected chi connectivity index (χ3v) is 4.10. The molecule has 0 aliphatic heterocycles. The topological polar surface area (TPSA) is 26.0 Å². The predicted molar refractivity (Wildman–Crippen MR) is 89.8 cm³/mol. The van der Waals surface area contributed by atoms with Crippen LogP contribution < -0.4 is 0 Å². The highest BCUT2D eigenvalue weighted by Crippen LogP contribution is 2.32. The van der Waals surface area contributed by atoms with E-state index in [4.69, 9.17) is 4.42 Å². The van der Waals surface area contributed by atoms with Crippen LogP contribution in [0, 0.1) is 11.6 Å². The van der Waals surface area contributed by atoms with Gasteiger partial charge in [0, 0.05) is 5.56 Å². The van der Waals surface area contributed by atoms with Crippen LogP contribution in [-0.4, -0.2) is 4.98 Å². The average Bonchev–Trinajstić information content (AvgIpc) is 3.06. The third kappa shape index (κ3) is 3.28. The fraction of sp³-hybridized carbons (Fsp3) is 0.0500. The number of oxazole rings is 1. The molecule has 0 radical (unpaired) electrons. The molecule has 3 aromatic carbocycles. The van der Waals surface area contributed by atoms with Gasteiger partial charge in [0.15, 0.2) is 17.2 Å². The Morgan fingerprint density at radius 2 is 1.37 bits per heavy atom. The van der Waals surface area contributed by atoms with Crippen molar-refractivity contribution in [3.8, 4) is 22.6 Å². The van der Waals surface area contributed by atoms with Crippen molar-refractivity contribution in [2.24, 2.45) is 0 Å². The van der Waals surface area contributed by atoms with Crippen LogP contribution in [0.5, 0.6) is 0 Å². The van der Waals surface area contributed by atoms with E-state index in [0.717, 1.165) is 24.3 Å². The monoisotopic (exact) mass is 375 g/mol. The highest BCUT2D eigenvalue weighted by atomic mass is 19.4. The van der Waals surface area contributed by atoms with Crippen LogP contribution in [0.4, 0.5) is 22.0 Å². The second-order valence-corrected chi connectivity index (χ2v) is 5.91. The molecule has 0 saturated heterocycles. The standard InChI is InChI=1S/C20H10F5NO/c21-15-7-3-13(9-16(15)22)19-26-17-8-4-12(10-18(17)27-19)11-1-5-14(6-2-11)20(23,24)25/h1-10H. The van der Waals surface area contributed by atoms with Gasteiger partial charge in [0.2, 0.25) is 5.89 Å². The molecule has 0 aliphatic rings. The van der Waals surface area contributed by atoms with Gasteiger partial charge in [-0.25, -0.2) is 13.8 Å². The SMILES string of the molecule is Fc1ccc(-c2nc3ccc(-c4ccc(C(F)(F)F)cc4)cc3o2)cc1F. The average molecular weight is 375 g/mol. The van der Waals surface area contributed by atoms with Gasteiger partial charge in [0.1, 0.15) is 5.52 Å². The maximum atomic E-state index is 13.4. The minimum absolute atomic E-state index is 0.119. The Morgan fingerprint density at radius 3 is 2.04 bits per heavy atom. The lowest BCUT2D eigenvalue weighted by Crippen LogP contribution is -2.03. The van der Waals surface area contributed by atoms with Crippen LogP contribution in [0.2, 0.25) is 0 Å². The minimum atomic E-state index is -4.40. The lowest BCUT2D eigenvalue weighted by molar-refractivity contribution is -0.137. The molecular formula is C20H10F5NO. The Morgan fingerprint density at radius 1 is 0.704 bits per heavy atom. The zero-order chi connectivity index (χ0) is 19.2. The maximum absolute atomic E-state index is 13.4. The molecule has 0 atom stereocenters. The Balaban J connectivity index is 1.71. The fourth-order valence-electron chi connectivity index (χ4n) is 2.71. The van der Waals surface area contributed by atoms with Crippen LogP contribution in [0.25, 0.3) is 33.7 Å². The highest BCUT2D eigenvalue weighted by molar-refractivity contribution is 5.82. The molecule has 0 unspecified atom stereocenters. The molecule has 0 aliphatic carbocycles. The molecule has 0 bridgehead atoms. The summed E-state index contributed by atoms with van der Waals surface area (Å²) in [4.78, 5) is 4.23. The van der Waals surface area contributed by atoms with E-state index in [2.05, 4.69) is 4.98 Å². The van der Waals surface area contributed by atoms with Gasteiger partial charge in [-0.05, 0) is 53.6 Å². The summed E-state index contributed by atoms with van der Waals surface area (Å²) in [7, 11) is 0. The molecule has 136 valence electrons. The highest BCUT2D eigenvalue weighted by Gasteiger charge is 2.30. The summed E-state index contributed by atoms with van der Waals surface area (Å²) in [6.45, 7) is 0. The number of benzene rings is 3. The number of halogens is 5. The zero-order valence-electron chi connectivity index (χ0n) is 13.5. The van der Waals surface area contributed by atoms with Gasteiger partial charge >= 0.3 is 6.18 Å². The fourth-order valence-corrected chi connectivity index (χ4v) is 2.71. The van der Waals surface area contributed by atoms with Crippen molar-refractivity contribution in [2.45, 2.75) is 6.18 Å². The third-order valence-electron chi connectivity index (χ3n) is 4.10. The van der Waals surface area contributed by atoms with Gasteiger partial charge in [-0.2, -0.15) is 13.2 Å². The Hall–Kier alpha value is -3.22. The molecule has 0 spiro atoms. The van der Waals surface area contributed by atoms with E-state index in [-0.39, 0.29) is 11.5 Å². The Bertz CT molecular complexity index is 1130. The summed E-state index contributed by atoms with van der Waals surface area (Å²) >= 11 is 0. The van der Waals surface area contributed by atoms with Gasteiger partial charge < -0.3 is 4.42 Å². The Labute approximate surface area is 149 Å². The second-order valence-electron chi connectivity index (χ2n) is 5.91. The first-order valence-electron chi connectivity index (χ1n) is 7.85. The molecule has 27 heavy (non-hydrogen) atoms. The van der Waals surface area contributed by atoms with E-state index in [1.54, 1.807) is 18.2 Å². The van der Waals surface area contributed by atoms with E-state index in [1.165, 1.54) is 18.2 Å². The molecule has 0 fully saturated rings.